The Hall–Kier alpha value is -3.88. The Morgan fingerprint density at radius 3 is 1.73 bits per heavy atom. The van der Waals surface area contributed by atoms with Gasteiger partial charge in [0.1, 0.15) is 29.9 Å². The summed E-state index contributed by atoms with van der Waals surface area (Å²) in [7, 11) is 0. The van der Waals surface area contributed by atoms with Gasteiger partial charge in [-0.25, -0.2) is 0 Å². The molecule has 2 aromatic rings. The molecule has 0 heterocycles. The average Bonchev–Trinajstić information content (AvgIpc) is 2.83. The SMILES string of the molecule is CC(C)CC(=O)N[C@@H](Cc1ccc(O)cc1)C(=O)N[C@H](C(=O)N[C@H](C=O)Cc1ccc(O)cc1)C(C)C. The van der Waals surface area contributed by atoms with E-state index in [0.29, 0.717) is 6.29 Å². The normalized spacial score (nSPS) is 13.5. The fourth-order valence-electron chi connectivity index (χ4n) is 3.78. The van der Waals surface area contributed by atoms with Crippen molar-refractivity contribution in [3.8, 4) is 11.5 Å². The molecule has 0 saturated heterocycles. The number of benzene rings is 2. The maximum Gasteiger partial charge on any atom is 0.243 e. The monoisotopic (exact) mass is 511 g/mol. The van der Waals surface area contributed by atoms with E-state index in [1.165, 1.54) is 24.3 Å². The van der Waals surface area contributed by atoms with Gasteiger partial charge in [0.05, 0.1) is 6.04 Å². The molecular formula is C28H37N3O6. The fourth-order valence-corrected chi connectivity index (χ4v) is 3.78. The van der Waals surface area contributed by atoms with E-state index in [-0.39, 0.29) is 48.5 Å². The van der Waals surface area contributed by atoms with Crippen molar-refractivity contribution in [1.82, 2.24) is 16.0 Å². The van der Waals surface area contributed by atoms with Gasteiger partial charge in [0.2, 0.25) is 17.7 Å². The molecule has 37 heavy (non-hydrogen) atoms. The molecule has 0 aliphatic rings. The largest absolute Gasteiger partial charge is 0.508 e. The molecule has 9 nitrogen and oxygen atoms in total. The highest BCUT2D eigenvalue weighted by atomic mass is 16.3. The lowest BCUT2D eigenvalue weighted by molar-refractivity contribution is -0.133. The number of nitrogens with one attached hydrogen (secondary N) is 3. The Morgan fingerprint density at radius 2 is 1.27 bits per heavy atom. The van der Waals surface area contributed by atoms with Gasteiger partial charge in [-0.3, -0.25) is 14.4 Å². The number of carbonyl (C=O) groups excluding carboxylic acids is 4. The highest BCUT2D eigenvalue weighted by molar-refractivity contribution is 5.93. The summed E-state index contributed by atoms with van der Waals surface area (Å²) in [5.41, 5.74) is 1.48. The van der Waals surface area contributed by atoms with Crippen LogP contribution in [0.15, 0.2) is 48.5 Å². The van der Waals surface area contributed by atoms with Crippen molar-refractivity contribution in [3.63, 3.8) is 0 Å². The van der Waals surface area contributed by atoms with Gasteiger partial charge >= 0.3 is 0 Å². The third-order valence-electron chi connectivity index (χ3n) is 5.75. The number of aldehydes is 1. The van der Waals surface area contributed by atoms with E-state index in [0.717, 1.165) is 11.1 Å². The minimum Gasteiger partial charge on any atom is -0.508 e. The molecule has 3 amide bonds. The zero-order valence-electron chi connectivity index (χ0n) is 21.7. The highest BCUT2D eigenvalue weighted by Crippen LogP contribution is 2.14. The van der Waals surface area contributed by atoms with Crippen LogP contribution in [0.5, 0.6) is 11.5 Å². The van der Waals surface area contributed by atoms with E-state index in [1.807, 2.05) is 13.8 Å². The minimum atomic E-state index is -0.945. The quantitative estimate of drug-likeness (QED) is 0.261. The van der Waals surface area contributed by atoms with Gasteiger partial charge in [-0.1, -0.05) is 52.0 Å². The van der Waals surface area contributed by atoms with Gasteiger partial charge in [0.25, 0.3) is 0 Å². The predicted octanol–water partition coefficient (Wildman–Crippen LogP) is 2.24. The first kappa shape index (κ1) is 29.4. The Morgan fingerprint density at radius 1 is 0.757 bits per heavy atom. The van der Waals surface area contributed by atoms with Gasteiger partial charge in [-0.05, 0) is 53.6 Å². The number of aromatic hydroxyl groups is 2. The lowest BCUT2D eigenvalue weighted by atomic mass is 9.99. The Bertz CT molecular complexity index is 1050. The minimum absolute atomic E-state index is 0.0853. The van der Waals surface area contributed by atoms with Crippen molar-refractivity contribution in [2.24, 2.45) is 11.8 Å². The first-order valence-corrected chi connectivity index (χ1v) is 12.4. The van der Waals surface area contributed by atoms with E-state index in [1.54, 1.807) is 38.1 Å². The van der Waals surface area contributed by atoms with Crippen LogP contribution in [0.25, 0.3) is 0 Å². The standard InChI is InChI=1S/C28H37N3O6/c1-17(2)13-25(35)30-24(15-20-7-11-23(34)12-8-20)27(36)31-26(18(3)4)28(37)29-21(16-32)14-19-5-9-22(33)10-6-19/h5-12,16-18,21,24,26,33-34H,13-15H2,1-4H3,(H,29,37)(H,30,35)(H,31,36)/t21-,24-,26-/m0/s1. The second kappa shape index (κ2) is 14.0. The molecular weight excluding hydrogens is 474 g/mol. The topological polar surface area (TPSA) is 145 Å². The Balaban J connectivity index is 2.14. The fraction of sp³-hybridized carbons (Fsp3) is 0.429. The Kier molecular flexibility index (Phi) is 11.1. The predicted molar refractivity (Wildman–Crippen MR) is 140 cm³/mol. The molecule has 0 aliphatic carbocycles. The van der Waals surface area contributed by atoms with Gasteiger partial charge in [0, 0.05) is 12.8 Å². The van der Waals surface area contributed by atoms with Gasteiger partial charge < -0.3 is 31.0 Å². The molecule has 5 N–H and O–H groups in total. The van der Waals surface area contributed by atoms with Crippen LogP contribution in [0.3, 0.4) is 0 Å². The second-order valence-electron chi connectivity index (χ2n) is 9.94. The summed E-state index contributed by atoms with van der Waals surface area (Å²) >= 11 is 0. The lowest BCUT2D eigenvalue weighted by Gasteiger charge is -2.26. The molecule has 0 saturated carbocycles. The van der Waals surface area contributed by atoms with Crippen molar-refractivity contribution < 1.29 is 29.4 Å². The molecule has 9 heteroatoms. The van der Waals surface area contributed by atoms with Crippen molar-refractivity contribution in [3.05, 3.63) is 59.7 Å². The van der Waals surface area contributed by atoms with Crippen molar-refractivity contribution in [2.75, 3.05) is 0 Å². The summed E-state index contributed by atoms with van der Waals surface area (Å²) in [5, 5.41) is 27.2. The molecule has 0 unspecified atom stereocenters. The van der Waals surface area contributed by atoms with Crippen LogP contribution in [0, 0.1) is 11.8 Å². The van der Waals surface area contributed by atoms with Crippen LogP contribution in [-0.2, 0) is 32.0 Å². The molecule has 0 radical (unpaired) electrons. The van der Waals surface area contributed by atoms with Crippen molar-refractivity contribution in [2.45, 2.75) is 65.1 Å². The van der Waals surface area contributed by atoms with Crippen LogP contribution < -0.4 is 16.0 Å². The first-order chi connectivity index (χ1) is 17.5. The number of phenols is 2. The smallest absolute Gasteiger partial charge is 0.243 e. The summed E-state index contributed by atoms with van der Waals surface area (Å²) in [6, 6.07) is 9.92. The molecule has 0 spiro atoms. The highest BCUT2D eigenvalue weighted by Gasteiger charge is 2.30. The zero-order chi connectivity index (χ0) is 27.5. The molecule has 200 valence electrons. The summed E-state index contributed by atoms with van der Waals surface area (Å²) in [4.78, 5) is 50.5. The van der Waals surface area contributed by atoms with Crippen LogP contribution in [-0.4, -0.2) is 52.3 Å². The zero-order valence-corrected chi connectivity index (χ0v) is 21.7. The third-order valence-corrected chi connectivity index (χ3v) is 5.75. The molecule has 0 aliphatic heterocycles. The molecule has 2 aromatic carbocycles. The number of amides is 3. The molecule has 0 aromatic heterocycles. The molecule has 0 fully saturated rings. The molecule has 0 bridgehead atoms. The molecule has 2 rings (SSSR count). The number of phenolic OH excluding ortho intramolecular Hbond substituents is 2. The summed E-state index contributed by atoms with van der Waals surface area (Å²) < 4.78 is 0. The van der Waals surface area contributed by atoms with E-state index < -0.39 is 29.9 Å². The van der Waals surface area contributed by atoms with E-state index in [4.69, 9.17) is 0 Å². The number of hydrogen-bond donors (Lipinski definition) is 5. The maximum atomic E-state index is 13.3. The van der Waals surface area contributed by atoms with Crippen molar-refractivity contribution >= 4 is 24.0 Å². The van der Waals surface area contributed by atoms with E-state index in [2.05, 4.69) is 16.0 Å². The number of carbonyl (C=O) groups is 4. The first-order valence-electron chi connectivity index (χ1n) is 12.4. The third kappa shape index (κ3) is 9.95. The summed E-state index contributed by atoms with van der Waals surface area (Å²) in [5.74, 6) is -1.35. The van der Waals surface area contributed by atoms with Gasteiger partial charge in [0.15, 0.2) is 0 Å². The molecule has 3 atom stereocenters. The van der Waals surface area contributed by atoms with Crippen LogP contribution in [0.2, 0.25) is 0 Å². The van der Waals surface area contributed by atoms with Crippen molar-refractivity contribution in [1.29, 1.82) is 0 Å². The maximum absolute atomic E-state index is 13.3. The van der Waals surface area contributed by atoms with Gasteiger partial charge in [-0.2, -0.15) is 0 Å². The second-order valence-corrected chi connectivity index (χ2v) is 9.94. The number of hydrogen-bond acceptors (Lipinski definition) is 6. The van der Waals surface area contributed by atoms with Crippen LogP contribution in [0.4, 0.5) is 0 Å². The van der Waals surface area contributed by atoms with E-state index >= 15 is 0 Å². The van der Waals surface area contributed by atoms with E-state index in [9.17, 15) is 29.4 Å². The van der Waals surface area contributed by atoms with Crippen LogP contribution >= 0.6 is 0 Å². The number of rotatable bonds is 13. The average molecular weight is 512 g/mol. The Labute approximate surface area is 217 Å². The summed E-state index contributed by atoms with van der Waals surface area (Å²) in [6.45, 7) is 7.34. The van der Waals surface area contributed by atoms with Crippen LogP contribution in [0.1, 0.15) is 45.2 Å². The summed E-state index contributed by atoms with van der Waals surface area (Å²) in [6.07, 6.45) is 1.26. The van der Waals surface area contributed by atoms with Gasteiger partial charge in [-0.15, -0.1) is 0 Å². The lowest BCUT2D eigenvalue weighted by Crippen LogP contribution is -2.57.